The van der Waals surface area contributed by atoms with Crippen molar-refractivity contribution in [3.63, 3.8) is 0 Å². The molecule has 0 aliphatic heterocycles. The lowest BCUT2D eigenvalue weighted by Gasteiger charge is -2.02. The van der Waals surface area contributed by atoms with Gasteiger partial charge in [-0.2, -0.15) is 5.10 Å². The standard InChI is InChI=1S/C9H12N4O/c10-6-8(14)4-7-5-9-11-2-1-3-13(9)12-7/h1-3,5,8,14H,4,6,10H2. The third-order valence-electron chi connectivity index (χ3n) is 2.00. The lowest BCUT2D eigenvalue weighted by molar-refractivity contribution is 0.182. The zero-order chi connectivity index (χ0) is 9.97. The zero-order valence-corrected chi connectivity index (χ0v) is 7.67. The maximum Gasteiger partial charge on any atom is 0.155 e. The Morgan fingerprint density at radius 3 is 3.14 bits per heavy atom. The fourth-order valence-corrected chi connectivity index (χ4v) is 1.30. The van der Waals surface area contributed by atoms with Crippen LogP contribution in [-0.2, 0) is 6.42 Å². The Morgan fingerprint density at radius 2 is 2.43 bits per heavy atom. The van der Waals surface area contributed by atoms with Crippen molar-refractivity contribution < 1.29 is 5.11 Å². The van der Waals surface area contributed by atoms with Gasteiger partial charge in [-0.05, 0) is 6.07 Å². The smallest absolute Gasteiger partial charge is 0.155 e. The number of nitrogens with two attached hydrogens (primary N) is 1. The molecule has 0 aromatic carbocycles. The largest absolute Gasteiger partial charge is 0.391 e. The number of aliphatic hydroxyl groups excluding tert-OH is 1. The van der Waals surface area contributed by atoms with Gasteiger partial charge >= 0.3 is 0 Å². The van der Waals surface area contributed by atoms with E-state index in [0.29, 0.717) is 6.42 Å². The minimum absolute atomic E-state index is 0.251. The average Bonchev–Trinajstić information content (AvgIpc) is 2.59. The lowest BCUT2D eigenvalue weighted by Crippen LogP contribution is -2.22. The van der Waals surface area contributed by atoms with Crippen LogP contribution in [0.3, 0.4) is 0 Å². The second-order valence-corrected chi connectivity index (χ2v) is 3.15. The third kappa shape index (κ3) is 1.73. The molecule has 0 saturated heterocycles. The molecular formula is C9H12N4O. The normalized spacial score (nSPS) is 13.3. The number of rotatable bonds is 3. The first-order chi connectivity index (χ1) is 6.79. The molecule has 0 radical (unpaired) electrons. The highest BCUT2D eigenvalue weighted by atomic mass is 16.3. The van der Waals surface area contributed by atoms with Crippen molar-refractivity contribution in [3.8, 4) is 0 Å². The third-order valence-corrected chi connectivity index (χ3v) is 2.00. The molecule has 0 aliphatic carbocycles. The van der Waals surface area contributed by atoms with Crippen molar-refractivity contribution in [2.45, 2.75) is 12.5 Å². The van der Waals surface area contributed by atoms with Gasteiger partial charge in [-0.1, -0.05) is 0 Å². The van der Waals surface area contributed by atoms with Gasteiger partial charge in [0, 0.05) is 31.4 Å². The molecule has 5 nitrogen and oxygen atoms in total. The van der Waals surface area contributed by atoms with E-state index < -0.39 is 6.10 Å². The molecular weight excluding hydrogens is 180 g/mol. The van der Waals surface area contributed by atoms with Crippen LogP contribution in [0.25, 0.3) is 5.65 Å². The molecule has 14 heavy (non-hydrogen) atoms. The van der Waals surface area contributed by atoms with Gasteiger partial charge in [0.2, 0.25) is 0 Å². The molecule has 0 fully saturated rings. The van der Waals surface area contributed by atoms with E-state index in [1.807, 2.05) is 18.3 Å². The summed E-state index contributed by atoms with van der Waals surface area (Å²) < 4.78 is 1.68. The molecule has 1 unspecified atom stereocenters. The fraction of sp³-hybridized carbons (Fsp3) is 0.333. The Balaban J connectivity index is 2.27. The van der Waals surface area contributed by atoms with Crippen LogP contribution in [0, 0.1) is 0 Å². The Hall–Kier alpha value is -1.46. The van der Waals surface area contributed by atoms with Crippen LogP contribution in [0.15, 0.2) is 24.5 Å². The van der Waals surface area contributed by atoms with E-state index in [-0.39, 0.29) is 6.54 Å². The number of hydrogen-bond acceptors (Lipinski definition) is 4. The van der Waals surface area contributed by atoms with Crippen LogP contribution in [0.4, 0.5) is 0 Å². The lowest BCUT2D eigenvalue weighted by atomic mass is 10.2. The predicted molar refractivity (Wildman–Crippen MR) is 51.8 cm³/mol. The number of fused-ring (bicyclic) bond motifs is 1. The summed E-state index contributed by atoms with van der Waals surface area (Å²) in [5, 5.41) is 13.6. The van der Waals surface area contributed by atoms with Crippen molar-refractivity contribution in [2.24, 2.45) is 5.73 Å². The van der Waals surface area contributed by atoms with E-state index in [9.17, 15) is 5.11 Å². The molecule has 74 valence electrons. The predicted octanol–water partition coefficient (Wildman–Crippen LogP) is -0.409. The highest BCUT2D eigenvalue weighted by Crippen LogP contribution is 2.04. The van der Waals surface area contributed by atoms with E-state index in [1.54, 1.807) is 10.7 Å². The van der Waals surface area contributed by atoms with Crippen molar-refractivity contribution >= 4 is 5.65 Å². The van der Waals surface area contributed by atoms with Gasteiger partial charge in [0.1, 0.15) is 0 Å². The van der Waals surface area contributed by atoms with Crippen LogP contribution in [0.1, 0.15) is 5.69 Å². The van der Waals surface area contributed by atoms with Gasteiger partial charge in [-0.25, -0.2) is 9.50 Å². The Labute approximate surface area is 81.2 Å². The van der Waals surface area contributed by atoms with Crippen LogP contribution in [-0.4, -0.2) is 32.4 Å². The van der Waals surface area contributed by atoms with Crippen molar-refractivity contribution in [1.29, 1.82) is 0 Å². The minimum atomic E-state index is -0.528. The summed E-state index contributed by atoms with van der Waals surface area (Å²) in [4.78, 5) is 4.12. The van der Waals surface area contributed by atoms with Crippen LogP contribution in [0.5, 0.6) is 0 Å². The number of nitrogens with zero attached hydrogens (tertiary/aromatic N) is 3. The SMILES string of the molecule is NCC(O)Cc1cc2ncccn2n1. The van der Waals surface area contributed by atoms with E-state index >= 15 is 0 Å². The van der Waals surface area contributed by atoms with E-state index in [1.165, 1.54) is 0 Å². The summed E-state index contributed by atoms with van der Waals surface area (Å²) in [6, 6.07) is 3.65. The molecule has 0 spiro atoms. The summed E-state index contributed by atoms with van der Waals surface area (Å²) in [5.74, 6) is 0. The maximum atomic E-state index is 9.34. The summed E-state index contributed by atoms with van der Waals surface area (Å²) in [7, 11) is 0. The first kappa shape index (κ1) is 9.11. The van der Waals surface area contributed by atoms with Gasteiger partial charge in [0.25, 0.3) is 0 Å². The highest BCUT2D eigenvalue weighted by Gasteiger charge is 2.07. The average molecular weight is 192 g/mol. The number of aliphatic hydroxyl groups is 1. The molecule has 2 rings (SSSR count). The quantitative estimate of drug-likeness (QED) is 0.693. The Bertz CT molecular complexity index is 392. The summed E-state index contributed by atoms with van der Waals surface area (Å²) in [6.45, 7) is 0.251. The molecule has 1 atom stereocenters. The molecule has 2 heterocycles. The molecule has 2 aromatic heterocycles. The molecule has 0 bridgehead atoms. The number of hydrogen-bond donors (Lipinski definition) is 2. The maximum absolute atomic E-state index is 9.34. The first-order valence-electron chi connectivity index (χ1n) is 4.47. The van der Waals surface area contributed by atoms with Gasteiger partial charge in [-0.3, -0.25) is 0 Å². The van der Waals surface area contributed by atoms with E-state index in [2.05, 4.69) is 10.1 Å². The summed E-state index contributed by atoms with van der Waals surface area (Å²) in [6.07, 6.45) is 3.47. The summed E-state index contributed by atoms with van der Waals surface area (Å²) in [5.41, 5.74) is 6.90. The Morgan fingerprint density at radius 1 is 1.57 bits per heavy atom. The summed E-state index contributed by atoms with van der Waals surface area (Å²) >= 11 is 0. The minimum Gasteiger partial charge on any atom is -0.391 e. The first-order valence-corrected chi connectivity index (χ1v) is 4.47. The molecule has 0 aliphatic rings. The zero-order valence-electron chi connectivity index (χ0n) is 7.67. The van der Waals surface area contributed by atoms with Crippen LogP contribution < -0.4 is 5.73 Å². The van der Waals surface area contributed by atoms with E-state index in [4.69, 9.17) is 5.73 Å². The van der Waals surface area contributed by atoms with Gasteiger partial charge in [0.15, 0.2) is 5.65 Å². The molecule has 5 heteroatoms. The van der Waals surface area contributed by atoms with Crippen molar-refractivity contribution in [2.75, 3.05) is 6.54 Å². The van der Waals surface area contributed by atoms with Crippen LogP contribution in [0.2, 0.25) is 0 Å². The number of aromatic nitrogens is 3. The van der Waals surface area contributed by atoms with Gasteiger partial charge in [0.05, 0.1) is 11.8 Å². The van der Waals surface area contributed by atoms with Crippen LogP contribution >= 0.6 is 0 Å². The second kappa shape index (κ2) is 3.73. The Kier molecular flexibility index (Phi) is 2.43. The highest BCUT2D eigenvalue weighted by molar-refractivity contribution is 5.38. The fourth-order valence-electron chi connectivity index (χ4n) is 1.30. The van der Waals surface area contributed by atoms with Gasteiger partial charge in [-0.15, -0.1) is 0 Å². The molecule has 2 aromatic rings. The van der Waals surface area contributed by atoms with Crippen molar-refractivity contribution in [3.05, 3.63) is 30.2 Å². The topological polar surface area (TPSA) is 76.4 Å². The van der Waals surface area contributed by atoms with E-state index in [0.717, 1.165) is 11.3 Å². The second-order valence-electron chi connectivity index (χ2n) is 3.15. The molecule has 3 N–H and O–H groups in total. The van der Waals surface area contributed by atoms with Gasteiger partial charge < -0.3 is 10.8 Å². The monoisotopic (exact) mass is 192 g/mol. The molecule has 0 saturated carbocycles. The van der Waals surface area contributed by atoms with Crippen molar-refractivity contribution in [1.82, 2.24) is 14.6 Å². The molecule has 0 amide bonds.